The van der Waals surface area contributed by atoms with Crippen molar-refractivity contribution in [3.05, 3.63) is 0 Å². The highest BCUT2D eigenvalue weighted by Gasteiger charge is 2.28. The lowest BCUT2D eigenvalue weighted by molar-refractivity contribution is 0.0750. The van der Waals surface area contributed by atoms with Crippen LogP contribution in [0.25, 0.3) is 0 Å². The Labute approximate surface area is 100 Å². The highest BCUT2D eigenvalue weighted by Crippen LogP contribution is 2.19. The molecule has 16 heavy (non-hydrogen) atoms. The molecule has 2 heterocycles. The molecule has 0 aliphatic carbocycles. The van der Waals surface area contributed by atoms with E-state index in [1.807, 2.05) is 0 Å². The second-order valence-corrected chi connectivity index (χ2v) is 5.63. The highest BCUT2D eigenvalue weighted by molar-refractivity contribution is 4.84. The van der Waals surface area contributed by atoms with Gasteiger partial charge in [0.05, 0.1) is 0 Å². The minimum absolute atomic E-state index is 0.739. The molecule has 3 atom stereocenters. The maximum atomic E-state index is 3.51. The maximum absolute atomic E-state index is 3.51. The van der Waals surface area contributed by atoms with Crippen molar-refractivity contribution in [1.29, 1.82) is 0 Å². The predicted molar refractivity (Wildman–Crippen MR) is 68.7 cm³/mol. The van der Waals surface area contributed by atoms with Gasteiger partial charge < -0.3 is 10.2 Å². The van der Waals surface area contributed by atoms with E-state index >= 15 is 0 Å². The average Bonchev–Trinajstić information content (AvgIpc) is 2.65. The van der Waals surface area contributed by atoms with Gasteiger partial charge in [-0.15, -0.1) is 0 Å². The Bertz CT molecular complexity index is 219. The number of piperazine rings is 1. The smallest absolute Gasteiger partial charge is 0.0195 e. The number of nitrogens with zero attached hydrogens (tertiary/aromatic N) is 2. The summed E-state index contributed by atoms with van der Waals surface area (Å²) in [6, 6.07) is 0.739. The molecule has 1 N–H and O–H groups in total. The Balaban J connectivity index is 1.79. The summed E-state index contributed by atoms with van der Waals surface area (Å²) < 4.78 is 0. The zero-order chi connectivity index (χ0) is 11.5. The van der Waals surface area contributed by atoms with E-state index in [1.54, 1.807) is 0 Å². The Hall–Kier alpha value is -0.120. The fourth-order valence-electron chi connectivity index (χ4n) is 3.15. The molecular formula is C13H27N3. The van der Waals surface area contributed by atoms with Crippen LogP contribution in [0.4, 0.5) is 0 Å². The van der Waals surface area contributed by atoms with Crippen molar-refractivity contribution in [2.45, 2.75) is 26.8 Å². The lowest BCUT2D eigenvalue weighted by Gasteiger charge is -2.40. The largest absolute Gasteiger partial charge is 0.316 e. The predicted octanol–water partition coefficient (Wildman–Crippen LogP) is 0.868. The topological polar surface area (TPSA) is 18.5 Å². The van der Waals surface area contributed by atoms with E-state index in [9.17, 15) is 0 Å². The Morgan fingerprint density at radius 2 is 2.00 bits per heavy atom. The van der Waals surface area contributed by atoms with Crippen molar-refractivity contribution in [3.8, 4) is 0 Å². The standard InChI is InChI=1S/C13H27N3/c1-4-16-6-5-15(9-12(16)3)10-13-8-14-7-11(13)2/h11-14H,4-10H2,1-3H3/t11-,12?,13+/m1/s1. The van der Waals surface area contributed by atoms with Crippen LogP contribution < -0.4 is 5.32 Å². The van der Waals surface area contributed by atoms with Crippen molar-refractivity contribution in [3.63, 3.8) is 0 Å². The second-order valence-electron chi connectivity index (χ2n) is 5.63. The number of likely N-dealkylation sites (N-methyl/N-ethyl adjacent to an activating group) is 1. The monoisotopic (exact) mass is 225 g/mol. The van der Waals surface area contributed by atoms with Crippen molar-refractivity contribution in [1.82, 2.24) is 15.1 Å². The maximum Gasteiger partial charge on any atom is 0.0195 e. The van der Waals surface area contributed by atoms with Crippen molar-refractivity contribution in [2.75, 3.05) is 45.8 Å². The van der Waals surface area contributed by atoms with Crippen LogP contribution in [0.5, 0.6) is 0 Å². The van der Waals surface area contributed by atoms with Crippen LogP contribution in [0, 0.1) is 11.8 Å². The van der Waals surface area contributed by atoms with Crippen LogP contribution in [0.15, 0.2) is 0 Å². The average molecular weight is 225 g/mol. The third kappa shape index (κ3) is 2.76. The number of hydrogen-bond acceptors (Lipinski definition) is 3. The summed E-state index contributed by atoms with van der Waals surface area (Å²) in [5.41, 5.74) is 0. The summed E-state index contributed by atoms with van der Waals surface area (Å²) >= 11 is 0. The van der Waals surface area contributed by atoms with Crippen LogP contribution in [0.3, 0.4) is 0 Å². The molecule has 2 rings (SSSR count). The first-order chi connectivity index (χ1) is 7.70. The van der Waals surface area contributed by atoms with Crippen LogP contribution in [-0.4, -0.2) is 61.7 Å². The first kappa shape index (κ1) is 12.3. The van der Waals surface area contributed by atoms with Gasteiger partial charge in [0.2, 0.25) is 0 Å². The van der Waals surface area contributed by atoms with Crippen LogP contribution in [0.1, 0.15) is 20.8 Å². The van der Waals surface area contributed by atoms with E-state index in [0.717, 1.165) is 17.9 Å². The molecule has 0 saturated carbocycles. The summed E-state index contributed by atoms with van der Waals surface area (Å²) in [7, 11) is 0. The van der Waals surface area contributed by atoms with Crippen LogP contribution in [-0.2, 0) is 0 Å². The fraction of sp³-hybridized carbons (Fsp3) is 1.00. The lowest BCUT2D eigenvalue weighted by atomic mass is 9.97. The second kappa shape index (κ2) is 5.48. The molecule has 0 aromatic rings. The van der Waals surface area contributed by atoms with E-state index in [0.29, 0.717) is 0 Å². The van der Waals surface area contributed by atoms with Gasteiger partial charge in [-0.1, -0.05) is 13.8 Å². The van der Waals surface area contributed by atoms with Gasteiger partial charge in [-0.05, 0) is 38.4 Å². The quantitative estimate of drug-likeness (QED) is 0.769. The molecule has 3 heteroatoms. The number of rotatable bonds is 3. The summed E-state index contributed by atoms with van der Waals surface area (Å²) in [4.78, 5) is 5.26. The van der Waals surface area contributed by atoms with Gasteiger partial charge in [-0.3, -0.25) is 4.90 Å². The number of hydrogen-bond donors (Lipinski definition) is 1. The molecule has 0 spiro atoms. The third-order valence-corrected chi connectivity index (χ3v) is 4.43. The summed E-state index contributed by atoms with van der Waals surface area (Å²) in [6.07, 6.45) is 0. The van der Waals surface area contributed by atoms with Gasteiger partial charge in [-0.25, -0.2) is 0 Å². The summed E-state index contributed by atoms with van der Waals surface area (Å²) in [5.74, 6) is 1.74. The minimum Gasteiger partial charge on any atom is -0.316 e. The highest BCUT2D eigenvalue weighted by atomic mass is 15.3. The lowest BCUT2D eigenvalue weighted by Crippen LogP contribution is -2.52. The normalized spacial score (nSPS) is 38.1. The van der Waals surface area contributed by atoms with Crippen molar-refractivity contribution in [2.24, 2.45) is 11.8 Å². The zero-order valence-electron chi connectivity index (χ0n) is 11.1. The van der Waals surface area contributed by atoms with Gasteiger partial charge in [0.1, 0.15) is 0 Å². The Morgan fingerprint density at radius 3 is 2.56 bits per heavy atom. The van der Waals surface area contributed by atoms with E-state index in [2.05, 4.69) is 35.9 Å². The van der Waals surface area contributed by atoms with E-state index < -0.39 is 0 Å². The van der Waals surface area contributed by atoms with Crippen LogP contribution in [0.2, 0.25) is 0 Å². The molecule has 3 nitrogen and oxygen atoms in total. The Morgan fingerprint density at radius 1 is 1.19 bits per heavy atom. The molecule has 2 aliphatic rings. The van der Waals surface area contributed by atoms with Gasteiger partial charge >= 0.3 is 0 Å². The van der Waals surface area contributed by atoms with E-state index in [4.69, 9.17) is 0 Å². The fourth-order valence-corrected chi connectivity index (χ4v) is 3.15. The third-order valence-electron chi connectivity index (χ3n) is 4.43. The molecule has 2 saturated heterocycles. The molecule has 0 bridgehead atoms. The molecule has 0 radical (unpaired) electrons. The summed E-state index contributed by atoms with van der Waals surface area (Å²) in [6.45, 7) is 15.8. The van der Waals surface area contributed by atoms with Gasteiger partial charge in [-0.2, -0.15) is 0 Å². The molecule has 2 aliphatic heterocycles. The zero-order valence-corrected chi connectivity index (χ0v) is 11.1. The van der Waals surface area contributed by atoms with Gasteiger partial charge in [0.25, 0.3) is 0 Å². The molecule has 94 valence electrons. The molecule has 0 aromatic heterocycles. The molecule has 1 unspecified atom stereocenters. The van der Waals surface area contributed by atoms with Crippen LogP contribution >= 0.6 is 0 Å². The molecule has 0 aromatic carbocycles. The molecule has 2 fully saturated rings. The van der Waals surface area contributed by atoms with E-state index in [-0.39, 0.29) is 0 Å². The first-order valence-electron chi connectivity index (χ1n) is 6.87. The first-order valence-corrected chi connectivity index (χ1v) is 6.87. The van der Waals surface area contributed by atoms with Crippen molar-refractivity contribution < 1.29 is 0 Å². The Kier molecular flexibility index (Phi) is 4.22. The van der Waals surface area contributed by atoms with E-state index in [1.165, 1.54) is 45.8 Å². The minimum atomic E-state index is 0.739. The SMILES string of the molecule is CCN1CCN(C[C@@H]2CNC[C@H]2C)CC1C. The number of nitrogens with one attached hydrogen (secondary N) is 1. The van der Waals surface area contributed by atoms with Crippen molar-refractivity contribution >= 4 is 0 Å². The van der Waals surface area contributed by atoms with Gasteiger partial charge in [0, 0.05) is 32.2 Å². The van der Waals surface area contributed by atoms with Gasteiger partial charge in [0.15, 0.2) is 0 Å². The molecule has 0 amide bonds. The summed E-state index contributed by atoms with van der Waals surface area (Å²) in [5, 5.41) is 3.51. The molecular weight excluding hydrogens is 198 g/mol.